The van der Waals surface area contributed by atoms with E-state index in [4.69, 9.17) is 11.6 Å². The number of hydrogen-bond donors (Lipinski definition) is 0. The highest BCUT2D eigenvalue weighted by Crippen LogP contribution is 2.19. The van der Waals surface area contributed by atoms with Gasteiger partial charge in [-0.15, -0.1) is 0 Å². The average Bonchev–Trinajstić information content (AvgIpc) is 2.36. The molecule has 0 aliphatic carbocycles. The van der Waals surface area contributed by atoms with Crippen molar-refractivity contribution in [2.45, 2.75) is 13.1 Å². The van der Waals surface area contributed by atoms with Gasteiger partial charge in [-0.2, -0.15) is 0 Å². The first-order chi connectivity index (χ1) is 9.06. The van der Waals surface area contributed by atoms with Crippen LogP contribution in [0.25, 0.3) is 0 Å². The molecule has 0 radical (unpaired) electrons. The van der Waals surface area contributed by atoms with Gasteiger partial charge in [0.2, 0.25) is 0 Å². The van der Waals surface area contributed by atoms with Gasteiger partial charge in [0.15, 0.2) is 0 Å². The lowest BCUT2D eigenvalue weighted by Gasteiger charge is -2.18. The standard InChI is InChI=1S/C15H14BrClFN/c1-19(9-11-4-2-3-5-14(11)17)10-12-6-7-13(16)8-15(12)18/h2-8H,9-10H2,1H3. The van der Waals surface area contributed by atoms with E-state index in [1.54, 1.807) is 6.07 Å². The first-order valence-electron chi connectivity index (χ1n) is 5.92. The molecule has 0 aliphatic heterocycles. The summed E-state index contributed by atoms with van der Waals surface area (Å²) in [6, 6.07) is 12.8. The highest BCUT2D eigenvalue weighted by Gasteiger charge is 2.08. The minimum atomic E-state index is -0.194. The van der Waals surface area contributed by atoms with Crippen LogP contribution in [0.5, 0.6) is 0 Å². The normalized spacial score (nSPS) is 11.0. The van der Waals surface area contributed by atoms with Crippen LogP contribution < -0.4 is 0 Å². The van der Waals surface area contributed by atoms with E-state index < -0.39 is 0 Å². The number of rotatable bonds is 4. The Morgan fingerprint density at radius 2 is 1.79 bits per heavy atom. The average molecular weight is 343 g/mol. The monoisotopic (exact) mass is 341 g/mol. The molecule has 0 saturated heterocycles. The fourth-order valence-electron chi connectivity index (χ4n) is 1.91. The van der Waals surface area contributed by atoms with Crippen LogP contribution in [0.15, 0.2) is 46.9 Å². The third-order valence-electron chi connectivity index (χ3n) is 2.85. The summed E-state index contributed by atoms with van der Waals surface area (Å²) in [7, 11) is 1.95. The first-order valence-corrected chi connectivity index (χ1v) is 7.09. The SMILES string of the molecule is CN(Cc1ccc(Br)cc1F)Cc1ccccc1Cl. The van der Waals surface area contributed by atoms with Crippen molar-refractivity contribution in [3.05, 3.63) is 68.9 Å². The number of benzene rings is 2. The van der Waals surface area contributed by atoms with Crippen LogP contribution in [0.2, 0.25) is 5.02 Å². The van der Waals surface area contributed by atoms with Crippen molar-refractivity contribution in [3.8, 4) is 0 Å². The summed E-state index contributed by atoms with van der Waals surface area (Å²) >= 11 is 9.37. The highest BCUT2D eigenvalue weighted by atomic mass is 79.9. The molecule has 0 heterocycles. The molecule has 0 saturated carbocycles. The van der Waals surface area contributed by atoms with E-state index in [0.29, 0.717) is 18.7 Å². The molecule has 4 heteroatoms. The lowest BCUT2D eigenvalue weighted by molar-refractivity contribution is 0.313. The molecular weight excluding hydrogens is 329 g/mol. The van der Waals surface area contributed by atoms with Crippen molar-refractivity contribution in [1.29, 1.82) is 0 Å². The molecule has 0 aliphatic rings. The Hall–Kier alpha value is -0.900. The zero-order valence-electron chi connectivity index (χ0n) is 10.5. The highest BCUT2D eigenvalue weighted by molar-refractivity contribution is 9.10. The predicted octanol–water partition coefficient (Wildman–Crippen LogP) is 4.87. The number of nitrogens with zero attached hydrogens (tertiary/aromatic N) is 1. The molecule has 0 fully saturated rings. The van der Waals surface area contributed by atoms with Crippen molar-refractivity contribution < 1.29 is 4.39 Å². The fraction of sp³-hybridized carbons (Fsp3) is 0.200. The van der Waals surface area contributed by atoms with Crippen LogP contribution in [0.1, 0.15) is 11.1 Å². The third-order valence-corrected chi connectivity index (χ3v) is 3.72. The van der Waals surface area contributed by atoms with Crippen molar-refractivity contribution in [3.63, 3.8) is 0 Å². The van der Waals surface area contributed by atoms with Crippen LogP contribution in [0.3, 0.4) is 0 Å². The zero-order chi connectivity index (χ0) is 13.8. The van der Waals surface area contributed by atoms with Crippen molar-refractivity contribution in [2.75, 3.05) is 7.05 Å². The molecule has 2 aromatic rings. The molecule has 2 rings (SSSR count). The fourth-order valence-corrected chi connectivity index (χ4v) is 2.44. The smallest absolute Gasteiger partial charge is 0.128 e. The first kappa shape index (κ1) is 14.5. The van der Waals surface area contributed by atoms with Crippen LogP contribution in [0, 0.1) is 5.82 Å². The summed E-state index contributed by atoms with van der Waals surface area (Å²) in [5, 5.41) is 0.741. The summed E-state index contributed by atoms with van der Waals surface area (Å²) in [5.74, 6) is -0.194. The second-order valence-electron chi connectivity index (χ2n) is 4.50. The Kier molecular flexibility index (Phi) is 4.97. The summed E-state index contributed by atoms with van der Waals surface area (Å²) in [5.41, 5.74) is 1.72. The topological polar surface area (TPSA) is 3.24 Å². The van der Waals surface area contributed by atoms with E-state index in [-0.39, 0.29) is 5.82 Å². The van der Waals surface area contributed by atoms with E-state index in [1.165, 1.54) is 6.07 Å². The van der Waals surface area contributed by atoms with Crippen LogP contribution in [-0.2, 0) is 13.1 Å². The van der Waals surface area contributed by atoms with Crippen LogP contribution in [0.4, 0.5) is 4.39 Å². The van der Waals surface area contributed by atoms with E-state index >= 15 is 0 Å². The van der Waals surface area contributed by atoms with Gasteiger partial charge >= 0.3 is 0 Å². The van der Waals surface area contributed by atoms with Crippen molar-refractivity contribution in [1.82, 2.24) is 4.90 Å². The van der Waals surface area contributed by atoms with Gasteiger partial charge in [0.05, 0.1) is 0 Å². The van der Waals surface area contributed by atoms with Gasteiger partial charge in [-0.1, -0.05) is 51.8 Å². The molecule has 0 aromatic heterocycles. The van der Waals surface area contributed by atoms with Gasteiger partial charge in [-0.05, 0) is 30.8 Å². The van der Waals surface area contributed by atoms with Gasteiger partial charge in [0.25, 0.3) is 0 Å². The molecule has 0 N–H and O–H groups in total. The minimum absolute atomic E-state index is 0.194. The maximum atomic E-state index is 13.7. The van der Waals surface area contributed by atoms with Gasteiger partial charge in [-0.3, -0.25) is 4.90 Å². The molecule has 19 heavy (non-hydrogen) atoms. The van der Waals surface area contributed by atoms with E-state index in [2.05, 4.69) is 15.9 Å². The molecular formula is C15H14BrClFN. The van der Waals surface area contributed by atoms with E-state index in [1.807, 2.05) is 42.3 Å². The van der Waals surface area contributed by atoms with E-state index in [0.717, 1.165) is 15.1 Å². The maximum Gasteiger partial charge on any atom is 0.128 e. The largest absolute Gasteiger partial charge is 0.298 e. The molecule has 100 valence electrons. The van der Waals surface area contributed by atoms with Gasteiger partial charge in [0, 0.05) is 28.1 Å². The summed E-state index contributed by atoms with van der Waals surface area (Å²) in [6.45, 7) is 1.24. The van der Waals surface area contributed by atoms with Crippen molar-refractivity contribution >= 4 is 27.5 Å². The van der Waals surface area contributed by atoms with Gasteiger partial charge in [-0.25, -0.2) is 4.39 Å². The Balaban J connectivity index is 2.05. The second-order valence-corrected chi connectivity index (χ2v) is 5.82. The number of halogens is 3. The maximum absolute atomic E-state index is 13.7. The quantitative estimate of drug-likeness (QED) is 0.766. The Labute approximate surface area is 126 Å². The molecule has 0 amide bonds. The molecule has 0 atom stereocenters. The summed E-state index contributed by atoms with van der Waals surface area (Å²) in [6.07, 6.45) is 0. The summed E-state index contributed by atoms with van der Waals surface area (Å²) in [4.78, 5) is 2.04. The molecule has 0 bridgehead atoms. The van der Waals surface area contributed by atoms with Crippen LogP contribution >= 0.6 is 27.5 Å². The van der Waals surface area contributed by atoms with Crippen LogP contribution in [-0.4, -0.2) is 11.9 Å². The van der Waals surface area contributed by atoms with E-state index in [9.17, 15) is 4.39 Å². The summed E-state index contributed by atoms with van der Waals surface area (Å²) < 4.78 is 14.5. The lowest BCUT2D eigenvalue weighted by atomic mass is 10.1. The van der Waals surface area contributed by atoms with Gasteiger partial charge < -0.3 is 0 Å². The lowest BCUT2D eigenvalue weighted by Crippen LogP contribution is -2.18. The predicted molar refractivity (Wildman–Crippen MR) is 80.7 cm³/mol. The zero-order valence-corrected chi connectivity index (χ0v) is 12.9. The Bertz CT molecular complexity index is 574. The minimum Gasteiger partial charge on any atom is -0.298 e. The van der Waals surface area contributed by atoms with Gasteiger partial charge in [0.1, 0.15) is 5.82 Å². The second kappa shape index (κ2) is 6.51. The number of hydrogen-bond acceptors (Lipinski definition) is 1. The Morgan fingerprint density at radius 3 is 2.47 bits per heavy atom. The molecule has 2 aromatic carbocycles. The molecule has 0 spiro atoms. The molecule has 1 nitrogen and oxygen atoms in total. The molecule has 0 unspecified atom stereocenters. The Morgan fingerprint density at radius 1 is 1.11 bits per heavy atom. The van der Waals surface area contributed by atoms with Crippen molar-refractivity contribution in [2.24, 2.45) is 0 Å². The third kappa shape index (κ3) is 4.03.